The third-order valence-electron chi connectivity index (χ3n) is 6.94. The number of nitrogens with zero attached hydrogens (tertiary/aromatic N) is 1. The second kappa shape index (κ2) is 15.2. The van der Waals surface area contributed by atoms with Crippen molar-refractivity contribution in [1.29, 1.82) is 5.41 Å². The topological polar surface area (TPSA) is 210 Å². The molecule has 0 spiro atoms. The normalized spacial score (nSPS) is 15.3. The van der Waals surface area contributed by atoms with Crippen molar-refractivity contribution in [2.45, 2.75) is 50.9 Å². The minimum atomic E-state index is -1.55. The van der Waals surface area contributed by atoms with Gasteiger partial charge in [-0.05, 0) is 34.0 Å². The van der Waals surface area contributed by atoms with Crippen LogP contribution in [0.3, 0.4) is 0 Å². The summed E-state index contributed by atoms with van der Waals surface area (Å²) in [6, 6.07) is 12.5. The second-order valence-corrected chi connectivity index (χ2v) is 11.0. The second-order valence-electron chi connectivity index (χ2n) is 10.2. The van der Waals surface area contributed by atoms with E-state index in [1.54, 1.807) is 36.4 Å². The van der Waals surface area contributed by atoms with Gasteiger partial charge in [-0.1, -0.05) is 61.0 Å². The molecule has 0 bridgehead atoms. The number of halogens is 1. The van der Waals surface area contributed by atoms with E-state index in [2.05, 4.69) is 42.0 Å². The van der Waals surface area contributed by atoms with Gasteiger partial charge in [-0.3, -0.25) is 15.0 Å². The Morgan fingerprint density at radius 1 is 1.13 bits per heavy atom. The number of aromatic nitrogens is 1. The van der Waals surface area contributed by atoms with Crippen molar-refractivity contribution in [1.82, 2.24) is 20.9 Å². The first-order chi connectivity index (χ1) is 21.6. The molecule has 0 aliphatic carbocycles. The Morgan fingerprint density at radius 2 is 1.87 bits per heavy atom. The van der Waals surface area contributed by atoms with Gasteiger partial charge in [-0.25, -0.2) is 9.59 Å². The van der Waals surface area contributed by atoms with Crippen LogP contribution >= 0.6 is 15.9 Å². The van der Waals surface area contributed by atoms with Gasteiger partial charge >= 0.3 is 12.1 Å². The number of nitrogen functional groups attached to an aromatic ring is 1. The maximum Gasteiger partial charge on any atom is 0.407 e. The summed E-state index contributed by atoms with van der Waals surface area (Å²) in [7, 11) is 1.11. The predicted octanol–water partition coefficient (Wildman–Crippen LogP) is 3.04. The van der Waals surface area contributed by atoms with Crippen molar-refractivity contribution in [3.8, 4) is 0 Å². The molecule has 15 heteroatoms. The molecule has 3 atom stereocenters. The molecule has 7 N–H and O–H groups in total. The van der Waals surface area contributed by atoms with Crippen molar-refractivity contribution >= 4 is 62.3 Å². The highest BCUT2D eigenvalue weighted by molar-refractivity contribution is 9.10. The molecule has 14 nitrogen and oxygen atoms in total. The molecular weight excluding hydrogens is 650 g/mol. The fraction of sp³-hybridized carbons (Fsp3) is 0.333. The van der Waals surface area contributed by atoms with Crippen LogP contribution in [-0.2, 0) is 23.9 Å². The number of nitrogens with one attached hydrogen (secondary N) is 5. The molecule has 1 aliphatic rings. The Morgan fingerprint density at radius 3 is 2.53 bits per heavy atom. The molecule has 238 valence electrons. The lowest BCUT2D eigenvalue weighted by Crippen LogP contribution is -2.63. The van der Waals surface area contributed by atoms with E-state index in [0.29, 0.717) is 34.1 Å². The third kappa shape index (κ3) is 8.38. The molecule has 45 heavy (non-hydrogen) atoms. The van der Waals surface area contributed by atoms with E-state index in [4.69, 9.17) is 25.5 Å². The van der Waals surface area contributed by atoms with Crippen molar-refractivity contribution in [3.05, 3.63) is 69.8 Å². The summed E-state index contributed by atoms with van der Waals surface area (Å²) in [6.45, 7) is 2.04. The van der Waals surface area contributed by atoms with Gasteiger partial charge in [0.25, 0.3) is 5.91 Å². The first-order valence-electron chi connectivity index (χ1n) is 14.2. The molecule has 0 saturated carbocycles. The lowest BCUT2D eigenvalue weighted by molar-refractivity contribution is -0.144. The molecule has 4 rings (SSSR count). The minimum Gasteiger partial charge on any atom is -0.467 e. The number of carbonyl (C=O) groups is 4. The number of fused-ring (bicyclic) bond motifs is 1. The molecule has 3 aromatic rings. The minimum absolute atomic E-state index is 0.0618. The van der Waals surface area contributed by atoms with Crippen LogP contribution in [0, 0.1) is 5.41 Å². The van der Waals surface area contributed by atoms with Crippen molar-refractivity contribution in [3.63, 3.8) is 0 Å². The molecule has 0 fully saturated rings. The lowest BCUT2D eigenvalue weighted by atomic mass is 10.0. The highest BCUT2D eigenvalue weighted by atomic mass is 79.9. The molecular formula is C30H34BrN7O7. The van der Waals surface area contributed by atoms with Crippen LogP contribution in [0.1, 0.15) is 54.2 Å². The number of esters is 1. The van der Waals surface area contributed by atoms with Crippen LogP contribution < -0.4 is 21.7 Å². The summed E-state index contributed by atoms with van der Waals surface area (Å²) in [5.74, 6) is -2.26. The fourth-order valence-electron chi connectivity index (χ4n) is 4.55. The van der Waals surface area contributed by atoms with Crippen molar-refractivity contribution in [2.75, 3.05) is 13.7 Å². The number of H-pyrrole nitrogens is 1. The Hall–Kier alpha value is -4.92. The Bertz CT molecular complexity index is 1610. The van der Waals surface area contributed by atoms with Gasteiger partial charge in [0.2, 0.25) is 5.91 Å². The number of para-hydroxylation sites is 1. The molecule has 2 aromatic carbocycles. The highest BCUT2D eigenvalue weighted by Crippen LogP contribution is 2.27. The summed E-state index contributed by atoms with van der Waals surface area (Å²) in [5, 5.41) is 20.0. The average molecular weight is 685 g/mol. The van der Waals surface area contributed by atoms with Gasteiger partial charge < -0.3 is 41.0 Å². The molecule has 3 amide bonds. The quantitative estimate of drug-likeness (QED) is 0.0517. The maximum atomic E-state index is 13.5. The molecule has 2 unspecified atom stereocenters. The van der Waals surface area contributed by atoms with E-state index in [1.165, 1.54) is 0 Å². The van der Waals surface area contributed by atoms with Crippen LogP contribution in [0.5, 0.6) is 0 Å². The Balaban J connectivity index is 1.50. The number of carbonyl (C=O) groups excluding carboxylic acids is 4. The number of hydrogen-bond donors (Lipinski definition) is 6. The number of benzene rings is 2. The summed E-state index contributed by atoms with van der Waals surface area (Å²) in [6.07, 6.45) is -1.52. The largest absolute Gasteiger partial charge is 0.467 e. The lowest BCUT2D eigenvalue weighted by Gasteiger charge is -2.27. The third-order valence-corrected chi connectivity index (χ3v) is 7.76. The monoisotopic (exact) mass is 683 g/mol. The first-order valence-corrected chi connectivity index (χ1v) is 15.0. The SMILES string of the molecule is CCCCOC(=O)NC(C(=O)OC)[C@H](NC(=O)CC1CC(c2ccc(C(=N)N)cc2)=NO1)NC(=O)c1[nH]c2ccccc2c1Br. The van der Waals surface area contributed by atoms with Gasteiger partial charge in [0.15, 0.2) is 6.04 Å². The van der Waals surface area contributed by atoms with Crippen LogP contribution in [0.2, 0.25) is 0 Å². The number of oxime groups is 1. The smallest absolute Gasteiger partial charge is 0.407 e. The summed E-state index contributed by atoms with van der Waals surface area (Å²) < 4.78 is 10.5. The zero-order chi connectivity index (χ0) is 32.5. The highest BCUT2D eigenvalue weighted by Gasteiger charge is 2.36. The fourth-order valence-corrected chi connectivity index (χ4v) is 5.18. The van der Waals surface area contributed by atoms with Crippen LogP contribution in [0.15, 0.2) is 58.2 Å². The number of amidine groups is 1. The Kier molecular flexibility index (Phi) is 11.1. The molecule has 0 radical (unpaired) electrons. The number of methoxy groups -OCH3 is 1. The van der Waals surface area contributed by atoms with E-state index in [1.807, 2.05) is 19.1 Å². The van der Waals surface area contributed by atoms with Crippen LogP contribution in [0.25, 0.3) is 10.9 Å². The number of alkyl carbamates (subject to hydrolysis) is 1. The zero-order valence-corrected chi connectivity index (χ0v) is 26.2. The number of rotatable bonds is 13. The molecule has 1 aromatic heterocycles. The maximum absolute atomic E-state index is 13.5. The summed E-state index contributed by atoms with van der Waals surface area (Å²) in [5.41, 5.74) is 8.24. The van der Waals surface area contributed by atoms with Crippen molar-refractivity contribution in [2.24, 2.45) is 10.9 Å². The van der Waals surface area contributed by atoms with E-state index in [0.717, 1.165) is 24.5 Å². The average Bonchev–Trinajstić information content (AvgIpc) is 3.63. The molecule has 1 aliphatic heterocycles. The zero-order valence-electron chi connectivity index (χ0n) is 24.6. The van der Waals surface area contributed by atoms with Gasteiger partial charge in [0, 0.05) is 22.9 Å². The van der Waals surface area contributed by atoms with Gasteiger partial charge in [-0.15, -0.1) is 0 Å². The number of nitrogens with two attached hydrogens (primary N) is 1. The summed E-state index contributed by atoms with van der Waals surface area (Å²) in [4.78, 5) is 60.6. The number of hydrogen-bond acceptors (Lipinski definition) is 9. The predicted molar refractivity (Wildman–Crippen MR) is 169 cm³/mol. The van der Waals surface area contributed by atoms with E-state index < -0.39 is 42.2 Å². The Labute approximate surface area is 267 Å². The number of ether oxygens (including phenoxy) is 2. The summed E-state index contributed by atoms with van der Waals surface area (Å²) >= 11 is 3.44. The van der Waals surface area contributed by atoms with Crippen molar-refractivity contribution < 1.29 is 33.5 Å². The van der Waals surface area contributed by atoms with Gasteiger partial charge in [0.05, 0.1) is 30.3 Å². The van der Waals surface area contributed by atoms with E-state index >= 15 is 0 Å². The van der Waals surface area contributed by atoms with Gasteiger partial charge in [-0.2, -0.15) is 0 Å². The van der Waals surface area contributed by atoms with Crippen LogP contribution in [0.4, 0.5) is 4.79 Å². The molecule has 0 saturated heterocycles. The first kappa shape index (κ1) is 33.0. The van der Waals surface area contributed by atoms with Gasteiger partial charge in [0.1, 0.15) is 23.8 Å². The van der Waals surface area contributed by atoms with E-state index in [-0.39, 0.29) is 24.6 Å². The number of unbranched alkanes of at least 4 members (excludes halogenated alkanes) is 1. The standard InChI is InChI=1S/C30H34BrN7O7/c1-3-4-13-44-30(42)36-25(29(41)43-2)27(37-28(40)24-23(31)19-7-5-6-8-20(19)34-24)35-22(39)15-18-14-21(38-45-18)16-9-11-17(12-10-16)26(32)33/h5-12,18,25,27,34H,3-4,13-15H2,1-2H3,(H3,32,33)(H,35,39)(H,36,42)(H,37,40)/t18?,25?,27-/m1/s1. The van der Waals surface area contributed by atoms with E-state index in [9.17, 15) is 19.2 Å². The number of aromatic amines is 1. The number of amides is 3. The van der Waals surface area contributed by atoms with Crippen LogP contribution in [-0.4, -0.2) is 72.4 Å². The molecule has 2 heterocycles.